The van der Waals surface area contributed by atoms with E-state index in [9.17, 15) is 8.42 Å². The highest BCUT2D eigenvalue weighted by Gasteiger charge is 2.17. The topological polar surface area (TPSA) is 91.3 Å². The number of nitrogens with one attached hydrogen (secondary N) is 2. The molecule has 0 saturated heterocycles. The van der Waals surface area contributed by atoms with Gasteiger partial charge in [0.15, 0.2) is 10.3 Å². The first-order valence-corrected chi connectivity index (χ1v) is 8.29. The van der Waals surface area contributed by atoms with Gasteiger partial charge >= 0.3 is 0 Å². The average molecular weight is 334 g/mol. The molecule has 0 saturated carbocycles. The minimum Gasteiger partial charge on any atom is -0.395 e. The number of nitrogens with zero attached hydrogens (tertiary/aromatic N) is 1. The molecule has 0 amide bonds. The molecule has 0 radical (unpaired) electrons. The number of aliphatic hydroxyl groups is 1. The second-order valence-electron chi connectivity index (χ2n) is 3.71. The number of aromatic nitrogens is 1. The Hall–Kier alpha value is -1.35. The Morgan fingerprint density at radius 1 is 1.30 bits per heavy atom. The van der Waals surface area contributed by atoms with Crippen LogP contribution in [0.25, 0.3) is 0 Å². The van der Waals surface area contributed by atoms with Crippen molar-refractivity contribution in [3.8, 4) is 0 Å². The maximum Gasteiger partial charge on any atom is 0.263 e. The van der Waals surface area contributed by atoms with Gasteiger partial charge in [-0.1, -0.05) is 41.1 Å². The van der Waals surface area contributed by atoms with Crippen LogP contribution in [-0.4, -0.2) is 31.7 Å². The molecule has 0 aliphatic carbocycles. The molecule has 2 rings (SSSR count). The molecule has 2 aromatic rings. The quantitative estimate of drug-likeness (QED) is 0.752. The van der Waals surface area contributed by atoms with E-state index in [1.54, 1.807) is 18.2 Å². The fourth-order valence-corrected chi connectivity index (χ4v) is 3.75. The van der Waals surface area contributed by atoms with Crippen molar-refractivity contribution in [2.75, 3.05) is 23.2 Å². The van der Waals surface area contributed by atoms with Crippen molar-refractivity contribution in [2.45, 2.75) is 4.90 Å². The van der Waals surface area contributed by atoms with Gasteiger partial charge in [0.05, 0.1) is 11.5 Å². The van der Waals surface area contributed by atoms with Crippen LogP contribution < -0.4 is 10.0 Å². The summed E-state index contributed by atoms with van der Waals surface area (Å²) in [6.07, 6.45) is 0. The van der Waals surface area contributed by atoms with Gasteiger partial charge in [-0.05, 0) is 12.1 Å². The van der Waals surface area contributed by atoms with Gasteiger partial charge in [0.1, 0.15) is 5.00 Å². The summed E-state index contributed by atoms with van der Waals surface area (Å²) in [5.74, 6) is 0. The summed E-state index contributed by atoms with van der Waals surface area (Å²) in [5, 5.41) is 12.4. The van der Waals surface area contributed by atoms with Crippen LogP contribution in [0.15, 0.2) is 35.2 Å². The van der Waals surface area contributed by atoms with Crippen molar-refractivity contribution in [3.63, 3.8) is 0 Å². The van der Waals surface area contributed by atoms with Gasteiger partial charge in [-0.15, -0.1) is 0 Å². The molecule has 0 aliphatic rings. The third-order valence-electron chi connectivity index (χ3n) is 2.26. The van der Waals surface area contributed by atoms with Gasteiger partial charge in [0.2, 0.25) is 0 Å². The lowest BCUT2D eigenvalue weighted by Crippen LogP contribution is -2.12. The number of sulfonamides is 1. The van der Waals surface area contributed by atoms with Crippen molar-refractivity contribution in [2.24, 2.45) is 0 Å². The molecule has 1 aromatic heterocycles. The number of hydrogen-bond donors (Lipinski definition) is 3. The van der Waals surface area contributed by atoms with Crippen LogP contribution in [0, 0.1) is 0 Å². The van der Waals surface area contributed by atoms with Gasteiger partial charge in [0, 0.05) is 6.54 Å². The molecule has 20 heavy (non-hydrogen) atoms. The molecular weight excluding hydrogens is 322 g/mol. The van der Waals surface area contributed by atoms with Crippen LogP contribution in [-0.2, 0) is 10.0 Å². The highest BCUT2D eigenvalue weighted by Crippen LogP contribution is 2.33. The zero-order valence-electron chi connectivity index (χ0n) is 10.2. The van der Waals surface area contributed by atoms with Crippen LogP contribution in [0.2, 0.25) is 5.15 Å². The minimum absolute atomic E-state index is 0.0562. The SMILES string of the molecule is O=S(=O)(Nc1nc(Cl)c(NCCO)s1)c1ccccc1. The summed E-state index contributed by atoms with van der Waals surface area (Å²) in [7, 11) is -3.68. The number of anilines is 2. The lowest BCUT2D eigenvalue weighted by Gasteiger charge is -2.04. The highest BCUT2D eigenvalue weighted by atomic mass is 35.5. The van der Waals surface area contributed by atoms with Crippen molar-refractivity contribution in [3.05, 3.63) is 35.5 Å². The van der Waals surface area contributed by atoms with Crippen molar-refractivity contribution in [1.82, 2.24) is 4.98 Å². The number of hydrogen-bond acceptors (Lipinski definition) is 6. The van der Waals surface area contributed by atoms with E-state index in [4.69, 9.17) is 16.7 Å². The highest BCUT2D eigenvalue weighted by molar-refractivity contribution is 7.93. The van der Waals surface area contributed by atoms with E-state index >= 15 is 0 Å². The molecule has 3 N–H and O–H groups in total. The summed E-state index contributed by atoms with van der Waals surface area (Å²) < 4.78 is 26.5. The van der Waals surface area contributed by atoms with Crippen molar-refractivity contribution >= 4 is 43.1 Å². The first kappa shape index (κ1) is 15.0. The maximum absolute atomic E-state index is 12.1. The van der Waals surface area contributed by atoms with Crippen molar-refractivity contribution in [1.29, 1.82) is 0 Å². The number of thiazole rings is 1. The molecule has 9 heteroatoms. The Labute approximate surface area is 125 Å². The Kier molecular flexibility index (Phi) is 4.81. The summed E-state index contributed by atoms with van der Waals surface area (Å²) in [6, 6.07) is 7.98. The Morgan fingerprint density at radius 2 is 2.00 bits per heavy atom. The minimum atomic E-state index is -3.68. The van der Waals surface area contributed by atoms with Crippen LogP contribution in [0.3, 0.4) is 0 Å². The maximum atomic E-state index is 12.1. The van der Waals surface area contributed by atoms with Crippen molar-refractivity contribution < 1.29 is 13.5 Å². The number of halogens is 1. The molecule has 6 nitrogen and oxygen atoms in total. The first-order chi connectivity index (χ1) is 9.53. The Morgan fingerprint density at radius 3 is 2.65 bits per heavy atom. The zero-order chi connectivity index (χ0) is 14.6. The van der Waals surface area contributed by atoms with Crippen LogP contribution in [0.1, 0.15) is 0 Å². The van der Waals surface area contributed by atoms with E-state index in [1.807, 2.05) is 0 Å². The smallest absolute Gasteiger partial charge is 0.263 e. The molecule has 0 fully saturated rings. The summed E-state index contributed by atoms with van der Waals surface area (Å²) in [6.45, 7) is 0.256. The molecular formula is C11H12ClN3O3S2. The second kappa shape index (κ2) is 6.40. The fraction of sp³-hybridized carbons (Fsp3) is 0.182. The van der Waals surface area contributed by atoms with E-state index in [-0.39, 0.29) is 21.8 Å². The number of rotatable bonds is 6. The Bertz CT molecular complexity index is 673. The average Bonchev–Trinajstić information content (AvgIpc) is 2.76. The number of aliphatic hydroxyl groups excluding tert-OH is 1. The zero-order valence-corrected chi connectivity index (χ0v) is 12.6. The van der Waals surface area contributed by atoms with Gasteiger partial charge in [-0.3, -0.25) is 4.72 Å². The summed E-state index contributed by atoms with van der Waals surface area (Å²) >= 11 is 6.94. The summed E-state index contributed by atoms with van der Waals surface area (Å²) in [5.41, 5.74) is 0. The Balaban J connectivity index is 2.18. The third-order valence-corrected chi connectivity index (χ3v) is 5.06. The second-order valence-corrected chi connectivity index (χ2v) is 6.75. The van der Waals surface area contributed by atoms with Crippen LogP contribution >= 0.6 is 22.9 Å². The van der Waals surface area contributed by atoms with E-state index in [0.29, 0.717) is 11.5 Å². The number of benzene rings is 1. The standard InChI is InChI=1S/C11H12ClN3O3S2/c12-9-10(13-6-7-16)19-11(14-9)15-20(17,18)8-4-2-1-3-5-8/h1-5,13,16H,6-7H2,(H,14,15). The monoisotopic (exact) mass is 333 g/mol. The van der Waals surface area contributed by atoms with Gasteiger partial charge in [0.25, 0.3) is 10.0 Å². The van der Waals surface area contributed by atoms with E-state index < -0.39 is 10.0 Å². The predicted octanol–water partition coefficient (Wildman–Crippen LogP) is 2.00. The molecule has 0 bridgehead atoms. The normalized spacial score (nSPS) is 11.3. The molecule has 0 aliphatic heterocycles. The summed E-state index contributed by atoms with van der Waals surface area (Å²) in [4.78, 5) is 4.07. The van der Waals surface area contributed by atoms with E-state index in [1.165, 1.54) is 12.1 Å². The van der Waals surface area contributed by atoms with Crippen LogP contribution in [0.5, 0.6) is 0 Å². The largest absolute Gasteiger partial charge is 0.395 e. The molecule has 1 heterocycles. The molecule has 0 spiro atoms. The predicted molar refractivity (Wildman–Crippen MR) is 80.0 cm³/mol. The molecule has 108 valence electrons. The third kappa shape index (κ3) is 3.60. The van der Waals surface area contributed by atoms with Crippen LogP contribution in [0.4, 0.5) is 10.1 Å². The van der Waals surface area contributed by atoms with Gasteiger partial charge in [-0.25, -0.2) is 13.4 Å². The lowest BCUT2D eigenvalue weighted by atomic mass is 10.4. The fourth-order valence-electron chi connectivity index (χ4n) is 1.40. The van der Waals surface area contributed by atoms with E-state index in [0.717, 1.165) is 11.3 Å². The molecule has 1 aromatic carbocycles. The van der Waals surface area contributed by atoms with E-state index in [2.05, 4.69) is 15.0 Å². The molecule has 0 unspecified atom stereocenters. The van der Waals surface area contributed by atoms with Gasteiger partial charge < -0.3 is 10.4 Å². The van der Waals surface area contributed by atoms with Gasteiger partial charge in [-0.2, -0.15) is 0 Å². The lowest BCUT2D eigenvalue weighted by molar-refractivity contribution is 0.311. The first-order valence-electron chi connectivity index (χ1n) is 5.62. The molecule has 0 atom stereocenters.